The first kappa shape index (κ1) is 20.3. The molecule has 0 fully saturated rings. The van der Waals surface area contributed by atoms with E-state index in [9.17, 15) is 10.1 Å². The minimum Gasteiger partial charge on any atom is -0.497 e. The number of carbonyl (C=O) groups is 1. The van der Waals surface area contributed by atoms with E-state index in [4.69, 9.17) is 10.5 Å². The normalized spacial score (nSPS) is 10.9. The lowest BCUT2D eigenvalue weighted by molar-refractivity contribution is 0.100. The number of carbonyl (C=O) groups excluding carboxylic acids is 1. The lowest BCUT2D eigenvalue weighted by atomic mass is 10.0. The highest BCUT2D eigenvalue weighted by molar-refractivity contribution is 6.18. The highest BCUT2D eigenvalue weighted by atomic mass is 16.5. The molecule has 0 aliphatic carbocycles. The van der Waals surface area contributed by atoms with Gasteiger partial charge in [-0.25, -0.2) is 0 Å². The Kier molecular flexibility index (Phi) is 5.04. The van der Waals surface area contributed by atoms with Gasteiger partial charge < -0.3 is 15.0 Å². The number of methoxy groups -OCH3 is 1. The second-order valence-electron chi connectivity index (χ2n) is 7.80. The fraction of sp³-hybridized carbons (Fsp3) is 0.0714. The van der Waals surface area contributed by atoms with Gasteiger partial charge in [-0.3, -0.25) is 4.79 Å². The number of primary amides is 1. The first-order valence-electron chi connectivity index (χ1n) is 10.5. The lowest BCUT2D eigenvalue weighted by Gasteiger charge is -2.10. The van der Waals surface area contributed by atoms with Crippen molar-refractivity contribution in [3.8, 4) is 22.9 Å². The van der Waals surface area contributed by atoms with Crippen molar-refractivity contribution in [2.75, 3.05) is 7.11 Å². The summed E-state index contributed by atoms with van der Waals surface area (Å²) in [7, 11) is 1.64. The van der Waals surface area contributed by atoms with Gasteiger partial charge in [0.2, 0.25) is 5.91 Å². The molecule has 0 aliphatic rings. The van der Waals surface area contributed by atoms with Crippen LogP contribution in [-0.4, -0.2) is 17.6 Å². The molecule has 0 bridgehead atoms. The Morgan fingerprint density at radius 3 is 2.55 bits per heavy atom. The number of hydrogen-bond acceptors (Lipinski definition) is 3. The lowest BCUT2D eigenvalue weighted by Crippen LogP contribution is -2.11. The molecule has 0 aliphatic heterocycles. The summed E-state index contributed by atoms with van der Waals surface area (Å²) in [6.07, 6.45) is 0. The van der Waals surface area contributed by atoms with Crippen molar-refractivity contribution in [2.24, 2.45) is 5.73 Å². The molecule has 4 aromatic carbocycles. The number of nitrogens with zero attached hydrogens (tertiary/aromatic N) is 2. The predicted octanol–water partition coefficient (Wildman–Crippen LogP) is 5.29. The second-order valence-corrected chi connectivity index (χ2v) is 7.80. The molecule has 5 heteroatoms. The van der Waals surface area contributed by atoms with Crippen LogP contribution in [0.3, 0.4) is 0 Å². The Labute approximate surface area is 191 Å². The highest BCUT2D eigenvalue weighted by Gasteiger charge is 2.18. The van der Waals surface area contributed by atoms with Crippen LogP contribution in [0.25, 0.3) is 32.9 Å². The van der Waals surface area contributed by atoms with E-state index in [2.05, 4.69) is 22.8 Å². The molecule has 1 aromatic heterocycles. The molecule has 0 spiro atoms. The zero-order valence-electron chi connectivity index (χ0n) is 18.0. The van der Waals surface area contributed by atoms with Crippen LogP contribution in [0.2, 0.25) is 0 Å². The quantitative estimate of drug-likeness (QED) is 0.411. The largest absolute Gasteiger partial charge is 0.497 e. The van der Waals surface area contributed by atoms with Gasteiger partial charge >= 0.3 is 0 Å². The van der Waals surface area contributed by atoms with Gasteiger partial charge in [-0.2, -0.15) is 5.26 Å². The Morgan fingerprint density at radius 1 is 1.03 bits per heavy atom. The van der Waals surface area contributed by atoms with Crippen molar-refractivity contribution in [1.29, 1.82) is 5.26 Å². The van der Waals surface area contributed by atoms with Gasteiger partial charge in [0.25, 0.3) is 0 Å². The number of nitrogens with two attached hydrogens (primary N) is 1. The second kappa shape index (κ2) is 8.18. The first-order valence-corrected chi connectivity index (χ1v) is 10.5. The molecule has 1 amide bonds. The number of hydrogen-bond donors (Lipinski definition) is 1. The monoisotopic (exact) mass is 430 g/mol. The Morgan fingerprint density at radius 2 is 1.82 bits per heavy atom. The van der Waals surface area contributed by atoms with E-state index in [0.717, 1.165) is 44.2 Å². The summed E-state index contributed by atoms with van der Waals surface area (Å²) in [6.45, 7) is 0.478. The third kappa shape index (κ3) is 3.48. The SMILES string of the molecule is COc1ccc(-c2c[c]c3c4c(C(N)=O)cccc4n(Cc4ccccc4C#N)c3c2)cc1. The number of amides is 1. The van der Waals surface area contributed by atoms with Gasteiger partial charge in [-0.15, -0.1) is 0 Å². The summed E-state index contributed by atoms with van der Waals surface area (Å²) in [5.41, 5.74) is 11.5. The van der Waals surface area contributed by atoms with Crippen LogP contribution in [0.15, 0.2) is 78.9 Å². The van der Waals surface area contributed by atoms with Crippen LogP contribution in [-0.2, 0) is 6.54 Å². The summed E-state index contributed by atoms with van der Waals surface area (Å²) in [5, 5.41) is 11.2. The van der Waals surface area contributed by atoms with Gasteiger partial charge in [-0.1, -0.05) is 36.4 Å². The molecular weight excluding hydrogens is 410 g/mol. The molecule has 159 valence electrons. The van der Waals surface area contributed by atoms with Crippen molar-refractivity contribution < 1.29 is 9.53 Å². The minimum atomic E-state index is -0.482. The van der Waals surface area contributed by atoms with E-state index in [1.54, 1.807) is 13.2 Å². The van der Waals surface area contributed by atoms with Crippen LogP contribution < -0.4 is 10.5 Å². The maximum absolute atomic E-state index is 12.2. The van der Waals surface area contributed by atoms with Crippen molar-refractivity contribution in [1.82, 2.24) is 4.57 Å². The van der Waals surface area contributed by atoms with Crippen molar-refractivity contribution >= 4 is 27.7 Å². The molecule has 1 radical (unpaired) electrons. The van der Waals surface area contributed by atoms with Crippen LogP contribution in [0.1, 0.15) is 21.5 Å². The zero-order chi connectivity index (χ0) is 22.9. The fourth-order valence-corrected chi connectivity index (χ4v) is 4.32. The van der Waals surface area contributed by atoms with Gasteiger partial charge in [0.15, 0.2) is 0 Å². The Balaban J connectivity index is 1.78. The summed E-state index contributed by atoms with van der Waals surface area (Å²) in [5.74, 6) is 0.307. The summed E-state index contributed by atoms with van der Waals surface area (Å²) >= 11 is 0. The van der Waals surface area contributed by atoms with Crippen molar-refractivity contribution in [3.63, 3.8) is 0 Å². The van der Waals surface area contributed by atoms with Crippen LogP contribution in [0, 0.1) is 17.4 Å². The number of aromatic nitrogens is 1. The minimum absolute atomic E-state index is 0.457. The third-order valence-corrected chi connectivity index (χ3v) is 5.95. The topological polar surface area (TPSA) is 81.0 Å². The van der Waals surface area contributed by atoms with Gasteiger partial charge in [0.05, 0.1) is 29.8 Å². The molecule has 1 heterocycles. The van der Waals surface area contributed by atoms with E-state index < -0.39 is 5.91 Å². The van der Waals surface area contributed by atoms with Crippen molar-refractivity contribution in [2.45, 2.75) is 6.54 Å². The van der Waals surface area contributed by atoms with E-state index in [0.29, 0.717) is 17.7 Å². The van der Waals surface area contributed by atoms with Gasteiger partial charge in [0.1, 0.15) is 5.75 Å². The average Bonchev–Trinajstić information content (AvgIpc) is 3.17. The molecule has 5 aromatic rings. The third-order valence-electron chi connectivity index (χ3n) is 5.95. The predicted molar refractivity (Wildman–Crippen MR) is 129 cm³/mol. The summed E-state index contributed by atoms with van der Waals surface area (Å²) in [6, 6.07) is 30.6. The molecule has 0 saturated carbocycles. The maximum Gasteiger partial charge on any atom is 0.249 e. The maximum atomic E-state index is 12.2. The highest BCUT2D eigenvalue weighted by Crippen LogP contribution is 2.35. The number of rotatable bonds is 5. The fourth-order valence-electron chi connectivity index (χ4n) is 4.32. The molecule has 0 atom stereocenters. The van der Waals surface area contributed by atoms with Crippen LogP contribution >= 0.6 is 0 Å². The molecule has 2 N–H and O–H groups in total. The summed E-state index contributed by atoms with van der Waals surface area (Å²) in [4.78, 5) is 12.2. The van der Waals surface area contributed by atoms with E-state index in [-0.39, 0.29) is 0 Å². The molecule has 5 rings (SSSR count). The Bertz CT molecular complexity index is 1560. The zero-order valence-corrected chi connectivity index (χ0v) is 18.0. The number of ether oxygens (including phenoxy) is 1. The molecule has 0 unspecified atom stereocenters. The average molecular weight is 430 g/mol. The van der Waals surface area contributed by atoms with Gasteiger partial charge in [0, 0.05) is 22.9 Å². The van der Waals surface area contributed by atoms with E-state index in [1.807, 2.05) is 66.7 Å². The molecule has 5 nitrogen and oxygen atoms in total. The summed E-state index contributed by atoms with van der Waals surface area (Å²) < 4.78 is 7.40. The molecule has 33 heavy (non-hydrogen) atoms. The van der Waals surface area contributed by atoms with Gasteiger partial charge in [-0.05, 0) is 65.2 Å². The molecular formula is C28H20N3O2. The first-order chi connectivity index (χ1) is 16.1. The number of benzene rings is 4. The van der Waals surface area contributed by atoms with Crippen LogP contribution in [0.5, 0.6) is 5.75 Å². The van der Waals surface area contributed by atoms with Crippen molar-refractivity contribution in [3.05, 3.63) is 102 Å². The smallest absolute Gasteiger partial charge is 0.249 e. The van der Waals surface area contributed by atoms with E-state index in [1.165, 1.54) is 0 Å². The molecule has 0 saturated heterocycles. The Hall–Kier alpha value is -4.56. The number of nitriles is 1. The standard InChI is InChI=1S/C28H20N3O2/c1-33-22-12-9-18(10-13-22)19-11-14-23-26(15-19)31(17-21-6-3-2-5-20(21)16-29)25-8-4-7-24(27(23)25)28(30)32/h2-13,15H,17H2,1H3,(H2,30,32). The number of fused-ring (bicyclic) bond motifs is 3. The van der Waals surface area contributed by atoms with Crippen LogP contribution in [0.4, 0.5) is 0 Å². The van der Waals surface area contributed by atoms with E-state index >= 15 is 0 Å².